The van der Waals surface area contributed by atoms with Gasteiger partial charge in [-0.3, -0.25) is 9.69 Å². The van der Waals surface area contributed by atoms with Gasteiger partial charge in [-0.15, -0.1) is 5.10 Å². The van der Waals surface area contributed by atoms with Gasteiger partial charge in [0.1, 0.15) is 11.5 Å². The molecule has 2 aliphatic rings. The summed E-state index contributed by atoms with van der Waals surface area (Å²) in [6.45, 7) is 4.69. The molecule has 3 aromatic rings. The molecule has 152 valence electrons. The van der Waals surface area contributed by atoms with Gasteiger partial charge in [-0.25, -0.2) is 9.36 Å². The van der Waals surface area contributed by atoms with Gasteiger partial charge in [0.2, 0.25) is 0 Å². The van der Waals surface area contributed by atoms with Crippen molar-refractivity contribution in [1.82, 2.24) is 29.6 Å². The van der Waals surface area contributed by atoms with Crippen LogP contribution in [0.2, 0.25) is 0 Å². The Hall–Kier alpha value is -2.78. The zero-order valence-corrected chi connectivity index (χ0v) is 16.2. The Labute approximate surface area is 167 Å². The van der Waals surface area contributed by atoms with Crippen molar-refractivity contribution in [3.63, 3.8) is 0 Å². The van der Waals surface area contributed by atoms with Crippen LogP contribution in [0, 0.1) is 5.92 Å². The normalized spacial score (nSPS) is 18.1. The third-order valence-corrected chi connectivity index (χ3v) is 5.77. The molecule has 0 spiro atoms. The molecule has 1 fully saturated rings. The molecule has 29 heavy (non-hydrogen) atoms. The van der Waals surface area contributed by atoms with Crippen molar-refractivity contribution in [1.29, 1.82) is 0 Å². The fraction of sp³-hybridized carbons (Fsp3) is 0.500. The summed E-state index contributed by atoms with van der Waals surface area (Å²) < 4.78 is 14.3. The Kier molecular flexibility index (Phi) is 4.99. The highest BCUT2D eigenvalue weighted by molar-refractivity contribution is 5.24. The Morgan fingerprint density at radius 1 is 1.21 bits per heavy atom. The molecule has 5 rings (SSSR count). The van der Waals surface area contributed by atoms with Crippen molar-refractivity contribution in [3.05, 3.63) is 58.0 Å². The van der Waals surface area contributed by atoms with E-state index >= 15 is 0 Å². The standard InChI is InChI=1S/C20H24N6O3/c27-20-3-2-19(25-8-1-7-21-25)22-26(20)12-15-4-9-24(10-5-15)13-17-16-14-28-11-6-18(16)29-23-17/h1-3,7-8,15H,4-6,9-14H2. The molecule has 5 heterocycles. The summed E-state index contributed by atoms with van der Waals surface area (Å²) >= 11 is 0. The molecule has 0 atom stereocenters. The molecule has 9 nitrogen and oxygen atoms in total. The van der Waals surface area contributed by atoms with Crippen LogP contribution in [0.25, 0.3) is 5.82 Å². The Morgan fingerprint density at radius 2 is 2.10 bits per heavy atom. The molecule has 0 amide bonds. The molecule has 1 saturated heterocycles. The minimum Gasteiger partial charge on any atom is -0.376 e. The summed E-state index contributed by atoms with van der Waals surface area (Å²) in [5.74, 6) is 2.06. The zero-order chi connectivity index (χ0) is 19.6. The zero-order valence-electron chi connectivity index (χ0n) is 16.2. The van der Waals surface area contributed by atoms with Crippen molar-refractivity contribution < 1.29 is 9.26 Å². The van der Waals surface area contributed by atoms with Gasteiger partial charge in [0.25, 0.3) is 5.56 Å². The second kappa shape index (κ2) is 7.92. The van der Waals surface area contributed by atoms with E-state index in [1.807, 2.05) is 12.3 Å². The van der Waals surface area contributed by atoms with Gasteiger partial charge in [-0.1, -0.05) is 5.16 Å². The third-order valence-electron chi connectivity index (χ3n) is 5.77. The van der Waals surface area contributed by atoms with Crippen LogP contribution in [0.5, 0.6) is 0 Å². The lowest BCUT2D eigenvalue weighted by molar-refractivity contribution is 0.102. The lowest BCUT2D eigenvalue weighted by atomic mass is 9.96. The number of rotatable bonds is 5. The second-order valence-corrected chi connectivity index (χ2v) is 7.72. The van der Waals surface area contributed by atoms with Crippen LogP contribution >= 0.6 is 0 Å². The predicted molar refractivity (Wildman–Crippen MR) is 103 cm³/mol. The quantitative estimate of drug-likeness (QED) is 0.644. The number of aromatic nitrogens is 5. The van der Waals surface area contributed by atoms with Gasteiger partial charge in [-0.2, -0.15) is 5.10 Å². The number of hydrogen-bond acceptors (Lipinski definition) is 7. The maximum absolute atomic E-state index is 12.3. The third kappa shape index (κ3) is 3.88. The van der Waals surface area contributed by atoms with Crippen molar-refractivity contribution in [2.45, 2.75) is 39.0 Å². The monoisotopic (exact) mass is 396 g/mol. The minimum atomic E-state index is -0.0717. The van der Waals surface area contributed by atoms with Gasteiger partial charge in [0, 0.05) is 43.5 Å². The molecule has 0 saturated carbocycles. The van der Waals surface area contributed by atoms with Gasteiger partial charge in [0.05, 0.1) is 13.2 Å². The number of nitrogens with zero attached hydrogens (tertiary/aromatic N) is 6. The van der Waals surface area contributed by atoms with Crippen molar-refractivity contribution in [2.75, 3.05) is 19.7 Å². The summed E-state index contributed by atoms with van der Waals surface area (Å²) in [4.78, 5) is 14.7. The van der Waals surface area contributed by atoms with E-state index in [0.717, 1.165) is 55.9 Å². The first-order valence-corrected chi connectivity index (χ1v) is 10.1. The van der Waals surface area contributed by atoms with Crippen LogP contribution in [0.15, 0.2) is 39.9 Å². The molecule has 0 aromatic carbocycles. The molecule has 3 aromatic heterocycles. The SMILES string of the molecule is O=c1ccc(-n2cccn2)nn1CC1CCN(Cc2noc3c2COCC3)CC1. The Bertz CT molecular complexity index is 1020. The van der Waals surface area contributed by atoms with Crippen LogP contribution in [0.4, 0.5) is 0 Å². The second-order valence-electron chi connectivity index (χ2n) is 7.72. The average molecular weight is 396 g/mol. The molecule has 0 N–H and O–H groups in total. The molecule has 0 unspecified atom stereocenters. The number of hydrogen-bond donors (Lipinski definition) is 0. The summed E-state index contributed by atoms with van der Waals surface area (Å²) in [7, 11) is 0. The van der Waals surface area contributed by atoms with Crippen LogP contribution in [-0.4, -0.2) is 49.3 Å². The first kappa shape index (κ1) is 18.3. The summed E-state index contributed by atoms with van der Waals surface area (Å²) in [5.41, 5.74) is 2.06. The lowest BCUT2D eigenvalue weighted by Crippen LogP contribution is -2.36. The van der Waals surface area contributed by atoms with Gasteiger partial charge >= 0.3 is 0 Å². The van der Waals surface area contributed by atoms with Crippen LogP contribution in [0.1, 0.15) is 29.9 Å². The van der Waals surface area contributed by atoms with Gasteiger partial charge < -0.3 is 9.26 Å². The molecular formula is C20H24N6O3. The fourth-order valence-corrected chi connectivity index (χ4v) is 4.08. The molecule has 9 heteroatoms. The smallest absolute Gasteiger partial charge is 0.266 e. The Balaban J connectivity index is 1.20. The van der Waals surface area contributed by atoms with Crippen molar-refractivity contribution in [2.24, 2.45) is 5.92 Å². The largest absolute Gasteiger partial charge is 0.376 e. The first-order valence-electron chi connectivity index (χ1n) is 10.1. The maximum Gasteiger partial charge on any atom is 0.266 e. The number of likely N-dealkylation sites (tertiary alicyclic amines) is 1. The number of piperidine rings is 1. The van der Waals surface area contributed by atoms with E-state index in [-0.39, 0.29) is 5.56 Å². The highest BCUT2D eigenvalue weighted by Gasteiger charge is 2.25. The predicted octanol–water partition coefficient (Wildman–Crippen LogP) is 1.40. The summed E-state index contributed by atoms with van der Waals surface area (Å²) in [6, 6.07) is 5.11. The van der Waals surface area contributed by atoms with E-state index in [2.05, 4.69) is 20.3 Å². The van der Waals surface area contributed by atoms with Gasteiger partial charge in [-0.05, 0) is 44.0 Å². The number of fused-ring (bicyclic) bond motifs is 1. The van der Waals surface area contributed by atoms with Crippen molar-refractivity contribution >= 4 is 0 Å². The van der Waals surface area contributed by atoms with E-state index in [0.29, 0.717) is 31.5 Å². The van der Waals surface area contributed by atoms with E-state index in [9.17, 15) is 4.79 Å². The van der Waals surface area contributed by atoms with Gasteiger partial charge in [0.15, 0.2) is 5.82 Å². The summed E-state index contributed by atoms with van der Waals surface area (Å²) in [5, 5.41) is 12.9. The topological polar surface area (TPSA) is 91.2 Å². The molecule has 0 aliphatic carbocycles. The van der Waals surface area contributed by atoms with Crippen LogP contribution in [0.3, 0.4) is 0 Å². The van der Waals surface area contributed by atoms with E-state index in [1.54, 1.807) is 27.7 Å². The van der Waals surface area contributed by atoms with Crippen LogP contribution in [-0.2, 0) is 30.9 Å². The maximum atomic E-state index is 12.3. The van der Waals surface area contributed by atoms with E-state index in [1.165, 1.54) is 0 Å². The molecule has 0 radical (unpaired) electrons. The molecule has 2 aliphatic heterocycles. The van der Waals surface area contributed by atoms with E-state index in [4.69, 9.17) is 9.26 Å². The first-order chi connectivity index (χ1) is 14.3. The van der Waals surface area contributed by atoms with E-state index < -0.39 is 0 Å². The van der Waals surface area contributed by atoms with Crippen molar-refractivity contribution in [3.8, 4) is 5.82 Å². The number of ether oxygens (including phenoxy) is 1. The summed E-state index contributed by atoms with van der Waals surface area (Å²) in [6.07, 6.45) is 6.38. The molecule has 0 bridgehead atoms. The lowest BCUT2D eigenvalue weighted by Gasteiger charge is -2.31. The molecular weight excluding hydrogens is 372 g/mol. The fourth-order valence-electron chi connectivity index (χ4n) is 4.08. The highest BCUT2D eigenvalue weighted by Crippen LogP contribution is 2.24. The minimum absolute atomic E-state index is 0.0717. The average Bonchev–Trinajstić information content (AvgIpc) is 3.42. The highest BCUT2D eigenvalue weighted by atomic mass is 16.5. The van der Waals surface area contributed by atoms with Crippen LogP contribution < -0.4 is 5.56 Å². The Morgan fingerprint density at radius 3 is 2.93 bits per heavy atom.